The van der Waals surface area contributed by atoms with Crippen molar-refractivity contribution in [2.24, 2.45) is 0 Å². The molecular formula is C21H22N2O3. The maximum absolute atomic E-state index is 12.4. The molecule has 0 bridgehead atoms. The summed E-state index contributed by atoms with van der Waals surface area (Å²) in [7, 11) is 0. The third kappa shape index (κ3) is 4.93. The smallest absolute Gasteiger partial charge is 0.338 e. The SMILES string of the molecule is CC(C)(C)c1ccc(C(=O)OCC(=O)N(CC#N)c2ccccc2)cc1. The van der Waals surface area contributed by atoms with Gasteiger partial charge in [-0.05, 0) is 35.2 Å². The number of carbonyl (C=O) groups is 2. The Kier molecular flexibility index (Phi) is 6.13. The van der Waals surface area contributed by atoms with Gasteiger partial charge in [-0.1, -0.05) is 51.1 Å². The molecule has 0 aliphatic rings. The fraction of sp³-hybridized carbons (Fsp3) is 0.286. The van der Waals surface area contributed by atoms with E-state index in [1.165, 1.54) is 4.90 Å². The first-order chi connectivity index (χ1) is 12.3. The lowest BCUT2D eigenvalue weighted by Gasteiger charge is -2.20. The number of benzene rings is 2. The molecule has 0 unspecified atom stereocenters. The van der Waals surface area contributed by atoms with Crippen molar-refractivity contribution in [2.45, 2.75) is 26.2 Å². The monoisotopic (exact) mass is 350 g/mol. The van der Waals surface area contributed by atoms with Gasteiger partial charge in [-0.3, -0.25) is 9.69 Å². The van der Waals surface area contributed by atoms with E-state index < -0.39 is 18.5 Å². The van der Waals surface area contributed by atoms with Crippen LogP contribution in [0.25, 0.3) is 0 Å². The highest BCUT2D eigenvalue weighted by molar-refractivity contribution is 5.97. The molecule has 0 radical (unpaired) electrons. The quantitative estimate of drug-likeness (QED) is 0.609. The van der Waals surface area contributed by atoms with E-state index in [2.05, 4.69) is 20.8 Å². The Morgan fingerprint density at radius 1 is 1.04 bits per heavy atom. The number of anilines is 1. The average Bonchev–Trinajstić information content (AvgIpc) is 2.64. The summed E-state index contributed by atoms with van der Waals surface area (Å²) < 4.78 is 5.12. The maximum atomic E-state index is 12.4. The molecule has 0 aliphatic heterocycles. The highest BCUT2D eigenvalue weighted by Gasteiger charge is 2.19. The maximum Gasteiger partial charge on any atom is 0.338 e. The number of nitrogens with zero attached hydrogens (tertiary/aromatic N) is 2. The first kappa shape index (κ1) is 19.2. The predicted molar refractivity (Wildman–Crippen MR) is 99.8 cm³/mol. The Balaban J connectivity index is 2.01. The lowest BCUT2D eigenvalue weighted by Crippen LogP contribution is -2.35. The van der Waals surface area contributed by atoms with Gasteiger partial charge in [0.05, 0.1) is 11.6 Å². The van der Waals surface area contributed by atoms with Gasteiger partial charge in [0, 0.05) is 5.69 Å². The fourth-order valence-corrected chi connectivity index (χ4v) is 2.40. The molecule has 2 aromatic carbocycles. The van der Waals surface area contributed by atoms with Gasteiger partial charge in [0.1, 0.15) is 6.54 Å². The Labute approximate surface area is 153 Å². The van der Waals surface area contributed by atoms with E-state index >= 15 is 0 Å². The lowest BCUT2D eigenvalue weighted by atomic mass is 9.87. The molecule has 5 nitrogen and oxygen atoms in total. The van der Waals surface area contributed by atoms with E-state index in [1.807, 2.05) is 24.3 Å². The molecule has 0 saturated carbocycles. The van der Waals surface area contributed by atoms with E-state index in [-0.39, 0.29) is 12.0 Å². The Morgan fingerprint density at radius 3 is 2.19 bits per heavy atom. The van der Waals surface area contributed by atoms with E-state index in [0.29, 0.717) is 11.3 Å². The van der Waals surface area contributed by atoms with Crippen LogP contribution in [0.4, 0.5) is 5.69 Å². The molecule has 5 heteroatoms. The van der Waals surface area contributed by atoms with Gasteiger partial charge in [-0.2, -0.15) is 5.26 Å². The van der Waals surface area contributed by atoms with Crippen molar-refractivity contribution < 1.29 is 14.3 Å². The zero-order valence-corrected chi connectivity index (χ0v) is 15.2. The average molecular weight is 350 g/mol. The second-order valence-corrected chi connectivity index (χ2v) is 6.88. The molecule has 0 heterocycles. The number of esters is 1. The van der Waals surface area contributed by atoms with Gasteiger partial charge in [0.25, 0.3) is 5.91 Å². The summed E-state index contributed by atoms with van der Waals surface area (Å²) in [4.78, 5) is 25.8. The van der Waals surface area contributed by atoms with Crippen molar-refractivity contribution in [3.8, 4) is 6.07 Å². The molecule has 1 amide bonds. The molecule has 134 valence electrons. The minimum absolute atomic E-state index is 0.00806. The van der Waals surface area contributed by atoms with Crippen molar-refractivity contribution in [3.63, 3.8) is 0 Å². The normalized spacial score (nSPS) is 10.7. The number of amides is 1. The van der Waals surface area contributed by atoms with Crippen molar-refractivity contribution >= 4 is 17.6 Å². The number of hydrogen-bond donors (Lipinski definition) is 0. The summed E-state index contributed by atoms with van der Waals surface area (Å²) in [6.07, 6.45) is 0. The zero-order chi connectivity index (χ0) is 19.2. The number of nitriles is 1. The van der Waals surface area contributed by atoms with Crippen LogP contribution in [-0.2, 0) is 14.9 Å². The van der Waals surface area contributed by atoms with Crippen molar-refractivity contribution in [3.05, 3.63) is 65.7 Å². The third-order valence-corrected chi connectivity index (χ3v) is 3.91. The standard InChI is InChI=1S/C21H22N2O3/c1-21(2,3)17-11-9-16(10-12-17)20(25)26-15-19(24)23(14-13-22)18-7-5-4-6-8-18/h4-12H,14-15H2,1-3H3. The van der Waals surface area contributed by atoms with Gasteiger partial charge in [-0.25, -0.2) is 4.79 Å². The largest absolute Gasteiger partial charge is 0.452 e. The highest BCUT2D eigenvalue weighted by Crippen LogP contribution is 2.22. The minimum Gasteiger partial charge on any atom is -0.452 e. The molecule has 0 aliphatic carbocycles. The molecule has 2 aromatic rings. The summed E-state index contributed by atoms with van der Waals surface area (Å²) in [5.74, 6) is -1.01. The van der Waals surface area contributed by atoms with Gasteiger partial charge < -0.3 is 4.74 Å². The summed E-state index contributed by atoms with van der Waals surface area (Å²) >= 11 is 0. The van der Waals surface area contributed by atoms with Gasteiger partial charge in [-0.15, -0.1) is 0 Å². The topological polar surface area (TPSA) is 70.4 Å². The van der Waals surface area contributed by atoms with Crippen LogP contribution in [0.15, 0.2) is 54.6 Å². The molecule has 0 spiro atoms. The van der Waals surface area contributed by atoms with E-state index in [0.717, 1.165) is 5.56 Å². The molecular weight excluding hydrogens is 328 g/mol. The van der Waals surface area contributed by atoms with Crippen LogP contribution < -0.4 is 4.90 Å². The summed E-state index contributed by atoms with van der Waals surface area (Å²) in [6.45, 7) is 5.74. The Bertz CT molecular complexity index is 800. The summed E-state index contributed by atoms with van der Waals surface area (Å²) in [5, 5.41) is 8.94. The first-order valence-electron chi connectivity index (χ1n) is 8.33. The van der Waals surface area contributed by atoms with Crippen LogP contribution in [0.5, 0.6) is 0 Å². The van der Waals surface area contributed by atoms with Crippen LogP contribution >= 0.6 is 0 Å². The molecule has 0 aromatic heterocycles. The number of ether oxygens (including phenoxy) is 1. The highest BCUT2D eigenvalue weighted by atomic mass is 16.5. The zero-order valence-electron chi connectivity index (χ0n) is 15.2. The number of para-hydroxylation sites is 1. The van der Waals surface area contributed by atoms with Crippen molar-refractivity contribution in [2.75, 3.05) is 18.1 Å². The number of hydrogen-bond acceptors (Lipinski definition) is 4. The number of rotatable bonds is 5. The predicted octanol–water partition coefficient (Wildman–Crippen LogP) is 3.70. The van der Waals surface area contributed by atoms with E-state index in [1.54, 1.807) is 36.4 Å². The summed E-state index contributed by atoms with van der Waals surface area (Å²) in [6, 6.07) is 17.9. The summed E-state index contributed by atoms with van der Waals surface area (Å²) in [5.41, 5.74) is 2.07. The molecule has 0 saturated heterocycles. The second-order valence-electron chi connectivity index (χ2n) is 6.88. The van der Waals surface area contributed by atoms with Crippen molar-refractivity contribution in [1.29, 1.82) is 5.26 Å². The second kappa shape index (κ2) is 8.30. The Hall–Kier alpha value is -3.13. The van der Waals surface area contributed by atoms with Crippen LogP contribution in [0.3, 0.4) is 0 Å². The van der Waals surface area contributed by atoms with Crippen LogP contribution in [0.1, 0.15) is 36.7 Å². The van der Waals surface area contributed by atoms with Crippen molar-refractivity contribution in [1.82, 2.24) is 0 Å². The molecule has 26 heavy (non-hydrogen) atoms. The number of carbonyl (C=O) groups excluding carboxylic acids is 2. The Morgan fingerprint density at radius 2 is 1.65 bits per heavy atom. The molecule has 0 fully saturated rings. The molecule has 0 N–H and O–H groups in total. The van der Waals surface area contributed by atoms with Gasteiger partial charge in [0.2, 0.25) is 0 Å². The van der Waals surface area contributed by atoms with Gasteiger partial charge >= 0.3 is 5.97 Å². The first-order valence-corrected chi connectivity index (χ1v) is 8.33. The molecule has 2 rings (SSSR count). The van der Waals surface area contributed by atoms with Crippen LogP contribution in [-0.4, -0.2) is 25.0 Å². The van der Waals surface area contributed by atoms with Crippen LogP contribution in [0.2, 0.25) is 0 Å². The van der Waals surface area contributed by atoms with Crippen LogP contribution in [0, 0.1) is 11.3 Å². The molecule has 0 atom stereocenters. The van der Waals surface area contributed by atoms with Gasteiger partial charge in [0.15, 0.2) is 6.61 Å². The fourth-order valence-electron chi connectivity index (χ4n) is 2.40. The lowest BCUT2D eigenvalue weighted by molar-refractivity contribution is -0.121. The van der Waals surface area contributed by atoms with E-state index in [4.69, 9.17) is 10.00 Å². The minimum atomic E-state index is -0.566. The third-order valence-electron chi connectivity index (χ3n) is 3.91. The van der Waals surface area contributed by atoms with E-state index in [9.17, 15) is 9.59 Å².